The van der Waals surface area contributed by atoms with Gasteiger partial charge in [-0.1, -0.05) is 17.7 Å². The van der Waals surface area contributed by atoms with Gasteiger partial charge in [0, 0.05) is 30.2 Å². The first-order chi connectivity index (χ1) is 11.7. The molecule has 2 aliphatic heterocycles. The van der Waals surface area contributed by atoms with Crippen LogP contribution >= 0.6 is 11.6 Å². The fourth-order valence-electron chi connectivity index (χ4n) is 3.36. The zero-order valence-electron chi connectivity index (χ0n) is 13.6. The molecule has 2 fully saturated rings. The third-order valence-corrected chi connectivity index (χ3v) is 4.99. The molecule has 0 aromatic heterocycles. The summed E-state index contributed by atoms with van der Waals surface area (Å²) in [7, 11) is 0. The first-order valence-corrected chi connectivity index (χ1v) is 8.83. The van der Waals surface area contributed by atoms with Crippen molar-refractivity contribution < 1.29 is 13.9 Å². The highest BCUT2D eigenvalue weighted by molar-refractivity contribution is 6.31. The molecule has 2 heterocycles. The molecule has 1 aromatic carbocycles. The summed E-state index contributed by atoms with van der Waals surface area (Å²) in [5.41, 5.74) is 0.475. The predicted molar refractivity (Wildman–Crippen MR) is 90.7 cm³/mol. The molecule has 0 bridgehead atoms. The van der Waals surface area contributed by atoms with Gasteiger partial charge in [-0.05, 0) is 38.1 Å². The molecule has 1 atom stereocenters. The van der Waals surface area contributed by atoms with Crippen molar-refractivity contribution in [1.82, 2.24) is 15.1 Å². The Hall–Kier alpha value is -1.37. The van der Waals surface area contributed by atoms with Crippen molar-refractivity contribution in [3.05, 3.63) is 34.6 Å². The molecule has 2 saturated heterocycles. The van der Waals surface area contributed by atoms with Crippen molar-refractivity contribution in [3.8, 4) is 0 Å². The van der Waals surface area contributed by atoms with Crippen LogP contribution in [0.1, 0.15) is 24.4 Å². The Balaban J connectivity index is 1.72. The summed E-state index contributed by atoms with van der Waals surface area (Å²) in [4.78, 5) is 16.3. The molecule has 0 spiro atoms. The average molecular weight is 356 g/mol. The standard InChI is InChI=1S/C17H23ClFN3O2/c18-13-4-3-5-14(19)16(13)15(21-6-1-2-7-21)12-20-17(23)22-8-10-24-11-9-22/h3-5,15H,1-2,6-12H2,(H,20,23). The topological polar surface area (TPSA) is 44.8 Å². The number of ether oxygens (including phenoxy) is 1. The number of nitrogens with one attached hydrogen (secondary N) is 1. The van der Waals surface area contributed by atoms with Crippen LogP contribution in [0, 0.1) is 5.82 Å². The normalized spacial score (nSPS) is 20.2. The average Bonchev–Trinajstić information content (AvgIpc) is 3.12. The molecule has 132 valence electrons. The molecule has 0 saturated carbocycles. The molecule has 1 aromatic rings. The summed E-state index contributed by atoms with van der Waals surface area (Å²) < 4.78 is 19.6. The SMILES string of the molecule is O=C(NCC(c1c(F)cccc1Cl)N1CCCC1)N1CCOCC1. The Bertz CT molecular complexity index is 555. The van der Waals surface area contributed by atoms with Crippen LogP contribution in [0.5, 0.6) is 0 Å². The number of rotatable bonds is 4. The van der Waals surface area contributed by atoms with Gasteiger partial charge in [-0.3, -0.25) is 4.90 Å². The Morgan fingerprint density at radius 2 is 1.96 bits per heavy atom. The molecule has 1 N–H and O–H groups in total. The van der Waals surface area contributed by atoms with Gasteiger partial charge in [0.25, 0.3) is 0 Å². The smallest absolute Gasteiger partial charge is 0.317 e. The first-order valence-electron chi connectivity index (χ1n) is 8.45. The summed E-state index contributed by atoms with van der Waals surface area (Å²) in [5, 5.41) is 3.36. The van der Waals surface area contributed by atoms with E-state index in [4.69, 9.17) is 16.3 Å². The quantitative estimate of drug-likeness (QED) is 0.903. The monoisotopic (exact) mass is 355 g/mol. The number of carbonyl (C=O) groups is 1. The van der Waals surface area contributed by atoms with E-state index in [1.54, 1.807) is 17.0 Å². The number of likely N-dealkylation sites (tertiary alicyclic amines) is 1. The second-order valence-corrected chi connectivity index (χ2v) is 6.59. The zero-order valence-corrected chi connectivity index (χ0v) is 14.4. The third-order valence-electron chi connectivity index (χ3n) is 4.66. The Labute approximate surface area is 146 Å². The van der Waals surface area contributed by atoms with Gasteiger partial charge >= 0.3 is 6.03 Å². The highest BCUT2D eigenvalue weighted by Crippen LogP contribution is 2.31. The fraction of sp³-hybridized carbons (Fsp3) is 0.588. The minimum absolute atomic E-state index is 0.130. The molecule has 2 amide bonds. The number of urea groups is 1. The number of hydrogen-bond acceptors (Lipinski definition) is 3. The minimum atomic E-state index is -0.319. The van der Waals surface area contributed by atoms with E-state index < -0.39 is 0 Å². The molecule has 24 heavy (non-hydrogen) atoms. The lowest BCUT2D eigenvalue weighted by Crippen LogP contribution is -2.48. The van der Waals surface area contributed by atoms with Gasteiger partial charge in [-0.25, -0.2) is 9.18 Å². The number of amides is 2. The van der Waals surface area contributed by atoms with E-state index in [0.29, 0.717) is 43.4 Å². The van der Waals surface area contributed by atoms with Crippen molar-refractivity contribution in [2.45, 2.75) is 18.9 Å². The molecule has 0 radical (unpaired) electrons. The van der Waals surface area contributed by atoms with E-state index in [-0.39, 0.29) is 17.9 Å². The summed E-state index contributed by atoms with van der Waals surface area (Å²) in [5.74, 6) is -0.319. The Morgan fingerprint density at radius 3 is 2.62 bits per heavy atom. The van der Waals surface area contributed by atoms with Gasteiger partial charge in [0.2, 0.25) is 0 Å². The van der Waals surface area contributed by atoms with Gasteiger partial charge in [0.05, 0.1) is 19.3 Å². The summed E-state index contributed by atoms with van der Waals surface area (Å²) >= 11 is 6.26. The molecule has 0 aliphatic carbocycles. The van der Waals surface area contributed by atoms with Crippen LogP contribution in [0.15, 0.2) is 18.2 Å². The van der Waals surface area contributed by atoms with Crippen LogP contribution in [0.25, 0.3) is 0 Å². The number of nitrogens with zero attached hydrogens (tertiary/aromatic N) is 2. The summed E-state index contributed by atoms with van der Waals surface area (Å²) in [6, 6.07) is 4.36. The number of benzene rings is 1. The highest BCUT2D eigenvalue weighted by Gasteiger charge is 2.28. The molecule has 1 unspecified atom stereocenters. The number of hydrogen-bond donors (Lipinski definition) is 1. The zero-order chi connectivity index (χ0) is 16.9. The van der Waals surface area contributed by atoms with Gasteiger partial charge in [0.1, 0.15) is 5.82 Å². The van der Waals surface area contributed by atoms with Crippen molar-refractivity contribution in [2.75, 3.05) is 45.9 Å². The van der Waals surface area contributed by atoms with Crippen LogP contribution in [0.4, 0.5) is 9.18 Å². The lowest BCUT2D eigenvalue weighted by molar-refractivity contribution is 0.0527. The van der Waals surface area contributed by atoms with Crippen LogP contribution < -0.4 is 5.32 Å². The summed E-state index contributed by atoms with van der Waals surface area (Å²) in [6.45, 7) is 4.41. The number of carbonyl (C=O) groups excluding carboxylic acids is 1. The van der Waals surface area contributed by atoms with E-state index >= 15 is 0 Å². The lowest BCUT2D eigenvalue weighted by Gasteiger charge is -2.31. The van der Waals surface area contributed by atoms with Gasteiger partial charge in [0.15, 0.2) is 0 Å². The van der Waals surface area contributed by atoms with Gasteiger partial charge in [-0.15, -0.1) is 0 Å². The fourth-order valence-corrected chi connectivity index (χ4v) is 3.65. The highest BCUT2D eigenvalue weighted by atomic mass is 35.5. The van der Waals surface area contributed by atoms with Crippen LogP contribution in [0.3, 0.4) is 0 Å². The third kappa shape index (κ3) is 3.99. The molecule has 2 aliphatic rings. The predicted octanol–water partition coefficient (Wildman–Crippen LogP) is 2.66. The van der Waals surface area contributed by atoms with Gasteiger partial charge < -0.3 is 15.0 Å². The maximum atomic E-state index is 14.4. The molecule has 5 nitrogen and oxygen atoms in total. The largest absolute Gasteiger partial charge is 0.378 e. The minimum Gasteiger partial charge on any atom is -0.378 e. The van der Waals surface area contributed by atoms with Crippen LogP contribution in [-0.2, 0) is 4.74 Å². The lowest BCUT2D eigenvalue weighted by atomic mass is 10.0. The first kappa shape index (κ1) is 17.5. The maximum Gasteiger partial charge on any atom is 0.317 e. The van der Waals surface area contributed by atoms with Crippen LogP contribution in [-0.4, -0.2) is 61.8 Å². The van der Waals surface area contributed by atoms with Crippen molar-refractivity contribution in [3.63, 3.8) is 0 Å². The molecular formula is C17H23ClFN3O2. The molecule has 7 heteroatoms. The number of halogens is 2. The van der Waals surface area contributed by atoms with Crippen LogP contribution in [0.2, 0.25) is 5.02 Å². The molecular weight excluding hydrogens is 333 g/mol. The van der Waals surface area contributed by atoms with Crippen molar-refractivity contribution >= 4 is 17.6 Å². The van der Waals surface area contributed by atoms with E-state index in [1.807, 2.05) is 0 Å². The van der Waals surface area contributed by atoms with Gasteiger partial charge in [-0.2, -0.15) is 0 Å². The summed E-state index contributed by atoms with van der Waals surface area (Å²) in [6.07, 6.45) is 2.17. The van der Waals surface area contributed by atoms with E-state index in [0.717, 1.165) is 25.9 Å². The van der Waals surface area contributed by atoms with Crippen molar-refractivity contribution in [1.29, 1.82) is 0 Å². The van der Waals surface area contributed by atoms with E-state index in [2.05, 4.69) is 10.2 Å². The maximum absolute atomic E-state index is 14.4. The van der Waals surface area contributed by atoms with Crippen molar-refractivity contribution in [2.24, 2.45) is 0 Å². The number of morpholine rings is 1. The second-order valence-electron chi connectivity index (χ2n) is 6.18. The Kier molecular flexibility index (Phi) is 5.92. The Morgan fingerprint density at radius 1 is 1.25 bits per heavy atom. The second kappa shape index (κ2) is 8.14. The van der Waals surface area contributed by atoms with E-state index in [9.17, 15) is 9.18 Å². The van der Waals surface area contributed by atoms with E-state index in [1.165, 1.54) is 6.07 Å². The molecule has 3 rings (SSSR count).